The van der Waals surface area contributed by atoms with Crippen LogP contribution < -0.4 is 10.9 Å². The molecule has 270 valence electrons. The molecule has 0 spiro atoms. The molecule has 0 saturated carbocycles. The lowest BCUT2D eigenvalue weighted by Gasteiger charge is -2.32. The van der Waals surface area contributed by atoms with Crippen molar-refractivity contribution in [1.29, 1.82) is 0 Å². The highest BCUT2D eigenvalue weighted by Crippen LogP contribution is 2.38. The molecular formula is C45H45B2N3O4. The minimum atomic E-state index is -0.445. The molecule has 5 aromatic carbocycles. The SMILES string of the molecule is CC1(C)OB(c2cccc(-c3cccc(-c4nc(-c5ccccc5)nc(-c5cccc(-c6cccc(B7OC(C)(C)C(C)(C)O7)c6)c5)n4)c3)c2)OC1(C)C. The monoisotopic (exact) mass is 713 g/mol. The fourth-order valence-corrected chi connectivity index (χ4v) is 6.71. The Hall–Kier alpha value is -4.92. The molecular weight excluding hydrogens is 668 g/mol. The molecule has 9 heteroatoms. The van der Waals surface area contributed by atoms with Crippen LogP contribution in [-0.2, 0) is 18.6 Å². The van der Waals surface area contributed by atoms with Gasteiger partial charge in [0.15, 0.2) is 17.5 Å². The van der Waals surface area contributed by atoms with Gasteiger partial charge in [-0.2, -0.15) is 0 Å². The second-order valence-corrected chi connectivity index (χ2v) is 16.3. The summed E-state index contributed by atoms with van der Waals surface area (Å²) in [5, 5.41) is 0. The third kappa shape index (κ3) is 6.82. The van der Waals surface area contributed by atoms with E-state index in [9.17, 15) is 0 Å². The van der Waals surface area contributed by atoms with Gasteiger partial charge in [-0.3, -0.25) is 0 Å². The maximum absolute atomic E-state index is 6.36. The second kappa shape index (κ2) is 13.4. The summed E-state index contributed by atoms with van der Waals surface area (Å²) < 4.78 is 25.5. The van der Waals surface area contributed by atoms with E-state index in [2.05, 4.69) is 128 Å². The summed E-state index contributed by atoms with van der Waals surface area (Å²) in [5.74, 6) is 1.80. The van der Waals surface area contributed by atoms with Crippen LogP contribution in [0.2, 0.25) is 0 Å². The molecule has 2 aliphatic heterocycles. The summed E-state index contributed by atoms with van der Waals surface area (Å²) >= 11 is 0. The normalized spacial score (nSPS) is 18.2. The highest BCUT2D eigenvalue weighted by Gasteiger charge is 2.52. The molecule has 54 heavy (non-hydrogen) atoms. The Morgan fingerprint density at radius 1 is 0.333 bits per heavy atom. The van der Waals surface area contributed by atoms with Crippen molar-refractivity contribution in [3.63, 3.8) is 0 Å². The molecule has 0 amide bonds. The molecule has 0 bridgehead atoms. The number of benzene rings is 5. The number of hydrogen-bond donors (Lipinski definition) is 0. The summed E-state index contributed by atoms with van der Waals surface area (Å²) in [6.45, 7) is 16.6. The summed E-state index contributed by atoms with van der Waals surface area (Å²) in [6, 6.07) is 43.4. The van der Waals surface area contributed by atoms with Crippen LogP contribution in [0, 0.1) is 0 Å². The maximum Gasteiger partial charge on any atom is 0.494 e. The van der Waals surface area contributed by atoms with Crippen molar-refractivity contribution < 1.29 is 18.6 Å². The van der Waals surface area contributed by atoms with Crippen molar-refractivity contribution in [2.24, 2.45) is 0 Å². The second-order valence-electron chi connectivity index (χ2n) is 16.3. The van der Waals surface area contributed by atoms with Gasteiger partial charge in [0.2, 0.25) is 0 Å². The van der Waals surface area contributed by atoms with Gasteiger partial charge in [-0.25, -0.2) is 15.0 Å². The van der Waals surface area contributed by atoms with Crippen LogP contribution in [0.5, 0.6) is 0 Å². The summed E-state index contributed by atoms with van der Waals surface area (Å²) in [4.78, 5) is 15.1. The first-order valence-electron chi connectivity index (χ1n) is 18.6. The first kappa shape index (κ1) is 36.1. The van der Waals surface area contributed by atoms with Crippen molar-refractivity contribution >= 4 is 25.2 Å². The minimum absolute atomic E-state index is 0.418. The maximum atomic E-state index is 6.36. The minimum Gasteiger partial charge on any atom is -0.399 e. The van der Waals surface area contributed by atoms with Crippen LogP contribution in [0.25, 0.3) is 56.4 Å². The average Bonchev–Trinajstić information content (AvgIpc) is 3.54. The van der Waals surface area contributed by atoms with Gasteiger partial charge in [0.1, 0.15) is 0 Å². The Morgan fingerprint density at radius 2 is 0.630 bits per heavy atom. The van der Waals surface area contributed by atoms with Gasteiger partial charge >= 0.3 is 14.2 Å². The number of rotatable bonds is 7. The van der Waals surface area contributed by atoms with Gasteiger partial charge in [-0.05, 0) is 101 Å². The van der Waals surface area contributed by atoms with E-state index < -0.39 is 36.6 Å². The van der Waals surface area contributed by atoms with Crippen LogP contribution in [0.3, 0.4) is 0 Å². The van der Waals surface area contributed by atoms with Crippen LogP contribution >= 0.6 is 0 Å². The molecule has 0 atom stereocenters. The summed E-state index contributed by atoms with van der Waals surface area (Å²) in [5.41, 5.74) is 7.16. The smallest absolute Gasteiger partial charge is 0.399 e. The third-order valence-corrected chi connectivity index (χ3v) is 11.4. The summed E-state index contributed by atoms with van der Waals surface area (Å²) in [7, 11) is -0.890. The molecule has 1 aromatic heterocycles. The van der Waals surface area contributed by atoms with Crippen molar-refractivity contribution in [1.82, 2.24) is 15.0 Å². The zero-order chi connectivity index (χ0) is 37.9. The fourth-order valence-electron chi connectivity index (χ4n) is 6.71. The molecule has 2 fully saturated rings. The molecule has 2 aliphatic rings. The highest BCUT2D eigenvalue weighted by molar-refractivity contribution is 6.62. The predicted molar refractivity (Wildman–Crippen MR) is 218 cm³/mol. The predicted octanol–water partition coefficient (Wildman–Crippen LogP) is 8.81. The van der Waals surface area contributed by atoms with Gasteiger partial charge < -0.3 is 18.6 Å². The molecule has 0 radical (unpaired) electrons. The zero-order valence-corrected chi connectivity index (χ0v) is 32.3. The van der Waals surface area contributed by atoms with E-state index in [0.717, 1.165) is 49.9 Å². The van der Waals surface area contributed by atoms with Gasteiger partial charge in [0.05, 0.1) is 22.4 Å². The van der Waals surface area contributed by atoms with E-state index in [1.807, 2.05) is 54.6 Å². The van der Waals surface area contributed by atoms with Crippen molar-refractivity contribution in [2.75, 3.05) is 0 Å². The largest absolute Gasteiger partial charge is 0.494 e. The number of nitrogens with zero attached hydrogens (tertiary/aromatic N) is 3. The van der Waals surface area contributed by atoms with E-state index in [-0.39, 0.29) is 0 Å². The topological polar surface area (TPSA) is 75.6 Å². The van der Waals surface area contributed by atoms with E-state index in [4.69, 9.17) is 33.6 Å². The molecule has 8 rings (SSSR count). The standard InChI is InChI=1S/C45H45B2N3O4/c1-42(2)43(3,4)52-46(51-42)37-24-14-20-33(28-37)31-18-12-22-35(26-31)40-48-39(30-16-10-9-11-17-30)49-41(50-40)36-23-13-19-32(27-36)34-21-15-25-38(29-34)47-53-44(5,6)45(7,8)54-47/h9-29H,1-8H3. The van der Waals surface area contributed by atoms with Crippen LogP contribution in [-0.4, -0.2) is 51.6 Å². The molecule has 0 unspecified atom stereocenters. The first-order valence-corrected chi connectivity index (χ1v) is 18.6. The lowest BCUT2D eigenvalue weighted by molar-refractivity contribution is 0.00578. The number of hydrogen-bond acceptors (Lipinski definition) is 7. The number of aromatic nitrogens is 3. The van der Waals surface area contributed by atoms with Crippen molar-refractivity contribution in [3.8, 4) is 56.4 Å². The lowest BCUT2D eigenvalue weighted by atomic mass is 9.78. The van der Waals surface area contributed by atoms with E-state index in [1.165, 1.54) is 0 Å². The molecule has 6 aromatic rings. The zero-order valence-electron chi connectivity index (χ0n) is 32.3. The molecule has 3 heterocycles. The summed E-state index contributed by atoms with van der Waals surface area (Å²) in [6.07, 6.45) is 0. The third-order valence-electron chi connectivity index (χ3n) is 11.4. The first-order chi connectivity index (χ1) is 25.7. The van der Waals surface area contributed by atoms with Crippen LogP contribution in [0.1, 0.15) is 55.4 Å². The van der Waals surface area contributed by atoms with Gasteiger partial charge in [-0.1, -0.05) is 115 Å². The Kier molecular flexibility index (Phi) is 8.97. The molecule has 0 N–H and O–H groups in total. The Bertz CT molecular complexity index is 2170. The van der Waals surface area contributed by atoms with Crippen LogP contribution in [0.4, 0.5) is 0 Å². The fraction of sp³-hybridized carbons (Fsp3) is 0.267. The van der Waals surface area contributed by atoms with Gasteiger partial charge in [0, 0.05) is 16.7 Å². The molecule has 2 saturated heterocycles. The Morgan fingerprint density at radius 3 is 1.02 bits per heavy atom. The lowest BCUT2D eigenvalue weighted by Crippen LogP contribution is -2.41. The highest BCUT2D eigenvalue weighted by atomic mass is 16.7. The quantitative estimate of drug-likeness (QED) is 0.153. The van der Waals surface area contributed by atoms with Crippen molar-refractivity contribution in [2.45, 2.75) is 77.8 Å². The van der Waals surface area contributed by atoms with Crippen molar-refractivity contribution in [3.05, 3.63) is 127 Å². The molecule has 7 nitrogen and oxygen atoms in total. The van der Waals surface area contributed by atoms with Gasteiger partial charge in [-0.15, -0.1) is 0 Å². The Balaban J connectivity index is 1.15. The Labute approximate surface area is 319 Å². The van der Waals surface area contributed by atoms with E-state index in [0.29, 0.717) is 17.5 Å². The average molecular weight is 713 g/mol. The van der Waals surface area contributed by atoms with Gasteiger partial charge in [0.25, 0.3) is 0 Å². The van der Waals surface area contributed by atoms with Crippen LogP contribution in [0.15, 0.2) is 127 Å². The molecule has 0 aliphatic carbocycles. The van der Waals surface area contributed by atoms with E-state index >= 15 is 0 Å². The van der Waals surface area contributed by atoms with E-state index in [1.54, 1.807) is 0 Å².